The van der Waals surface area contributed by atoms with E-state index in [4.69, 9.17) is 0 Å². The molecule has 0 unspecified atom stereocenters. The summed E-state index contributed by atoms with van der Waals surface area (Å²) in [6.07, 6.45) is 2.74. The lowest BCUT2D eigenvalue weighted by Crippen LogP contribution is -1.97. The van der Waals surface area contributed by atoms with Gasteiger partial charge in [0.15, 0.2) is 11.5 Å². The molecule has 0 atom stereocenters. The number of fused-ring (bicyclic) bond motifs is 1. The van der Waals surface area contributed by atoms with Gasteiger partial charge in [0.05, 0.1) is 6.20 Å². The lowest BCUT2D eigenvalue weighted by atomic mass is 10.1. The topological polar surface area (TPSA) is 43.1 Å². The van der Waals surface area contributed by atoms with Crippen LogP contribution >= 0.6 is 0 Å². The SMILES string of the molecule is Cc1nnc2cc(Cc3ccccc3)cnn12. The predicted octanol–water partition coefficient (Wildman–Crippen LogP) is 2.02. The quantitative estimate of drug-likeness (QED) is 0.669. The molecule has 0 saturated carbocycles. The van der Waals surface area contributed by atoms with Crippen molar-refractivity contribution in [3.8, 4) is 0 Å². The molecule has 17 heavy (non-hydrogen) atoms. The summed E-state index contributed by atoms with van der Waals surface area (Å²) in [6, 6.07) is 12.4. The highest BCUT2D eigenvalue weighted by molar-refractivity contribution is 5.40. The second-order valence-corrected chi connectivity index (χ2v) is 4.04. The fourth-order valence-corrected chi connectivity index (χ4v) is 1.87. The Balaban J connectivity index is 1.96. The molecule has 4 nitrogen and oxygen atoms in total. The first-order chi connectivity index (χ1) is 8.33. The molecule has 1 aromatic carbocycles. The first-order valence-electron chi connectivity index (χ1n) is 5.54. The van der Waals surface area contributed by atoms with Crippen molar-refractivity contribution in [3.05, 3.63) is 59.5 Å². The first-order valence-corrected chi connectivity index (χ1v) is 5.54. The van der Waals surface area contributed by atoms with Gasteiger partial charge in [-0.05, 0) is 30.5 Å². The molecule has 0 bridgehead atoms. The number of hydrogen-bond donors (Lipinski definition) is 0. The van der Waals surface area contributed by atoms with Crippen molar-refractivity contribution in [3.63, 3.8) is 0 Å². The molecule has 0 aliphatic rings. The van der Waals surface area contributed by atoms with Crippen LogP contribution in [-0.4, -0.2) is 19.8 Å². The van der Waals surface area contributed by atoms with Crippen LogP contribution in [0.25, 0.3) is 5.65 Å². The number of rotatable bonds is 2. The molecule has 0 N–H and O–H groups in total. The van der Waals surface area contributed by atoms with Gasteiger partial charge >= 0.3 is 0 Å². The van der Waals surface area contributed by atoms with Gasteiger partial charge in [-0.2, -0.15) is 9.61 Å². The van der Waals surface area contributed by atoms with E-state index in [9.17, 15) is 0 Å². The first kappa shape index (κ1) is 9.96. The van der Waals surface area contributed by atoms with Crippen LogP contribution in [0, 0.1) is 6.92 Å². The lowest BCUT2D eigenvalue weighted by Gasteiger charge is -2.01. The molecule has 2 aromatic heterocycles. The van der Waals surface area contributed by atoms with Crippen LogP contribution in [0.1, 0.15) is 17.0 Å². The maximum Gasteiger partial charge on any atom is 0.178 e. The zero-order valence-electron chi connectivity index (χ0n) is 9.54. The number of nitrogens with zero attached hydrogens (tertiary/aromatic N) is 4. The van der Waals surface area contributed by atoms with E-state index >= 15 is 0 Å². The second-order valence-electron chi connectivity index (χ2n) is 4.04. The molecule has 0 aliphatic carbocycles. The molecule has 0 radical (unpaired) electrons. The molecule has 2 heterocycles. The molecule has 0 amide bonds. The molecular weight excluding hydrogens is 212 g/mol. The molecule has 84 valence electrons. The van der Waals surface area contributed by atoms with Gasteiger partial charge in [-0.1, -0.05) is 30.3 Å². The summed E-state index contributed by atoms with van der Waals surface area (Å²) in [7, 11) is 0. The number of aryl methyl sites for hydroxylation is 1. The number of aromatic nitrogens is 4. The van der Waals surface area contributed by atoms with Crippen molar-refractivity contribution < 1.29 is 0 Å². The zero-order valence-corrected chi connectivity index (χ0v) is 9.54. The fraction of sp³-hybridized carbons (Fsp3) is 0.154. The van der Waals surface area contributed by atoms with Crippen molar-refractivity contribution >= 4 is 5.65 Å². The van der Waals surface area contributed by atoms with E-state index in [2.05, 4.69) is 27.4 Å². The smallest absolute Gasteiger partial charge is 0.178 e. The second kappa shape index (κ2) is 3.97. The van der Waals surface area contributed by atoms with Gasteiger partial charge < -0.3 is 0 Å². The van der Waals surface area contributed by atoms with Gasteiger partial charge in [0.1, 0.15) is 0 Å². The van der Waals surface area contributed by atoms with Crippen LogP contribution in [0.2, 0.25) is 0 Å². The summed E-state index contributed by atoms with van der Waals surface area (Å²) in [5.74, 6) is 0.811. The molecule has 0 spiro atoms. The third-order valence-electron chi connectivity index (χ3n) is 2.73. The van der Waals surface area contributed by atoms with Crippen molar-refractivity contribution in [2.75, 3.05) is 0 Å². The van der Waals surface area contributed by atoms with Crippen LogP contribution in [0.4, 0.5) is 0 Å². The molecular formula is C13H12N4. The Bertz CT molecular complexity index is 643. The standard InChI is InChI=1S/C13H12N4/c1-10-15-16-13-8-12(9-14-17(10)13)7-11-5-3-2-4-6-11/h2-6,8-9H,7H2,1H3. The maximum atomic E-state index is 4.33. The highest BCUT2D eigenvalue weighted by Gasteiger charge is 2.03. The van der Waals surface area contributed by atoms with Gasteiger partial charge in [0.2, 0.25) is 0 Å². The van der Waals surface area contributed by atoms with Crippen molar-refractivity contribution in [1.82, 2.24) is 19.8 Å². The van der Waals surface area contributed by atoms with Gasteiger partial charge in [-0.15, -0.1) is 10.2 Å². The van der Waals surface area contributed by atoms with Crippen LogP contribution in [-0.2, 0) is 6.42 Å². The van der Waals surface area contributed by atoms with Crippen LogP contribution in [0.15, 0.2) is 42.6 Å². The van der Waals surface area contributed by atoms with E-state index in [-0.39, 0.29) is 0 Å². The monoisotopic (exact) mass is 224 g/mol. The summed E-state index contributed by atoms with van der Waals surface area (Å²) in [6.45, 7) is 1.89. The maximum absolute atomic E-state index is 4.33. The van der Waals surface area contributed by atoms with E-state index < -0.39 is 0 Å². The Kier molecular flexibility index (Phi) is 2.33. The number of hydrogen-bond acceptors (Lipinski definition) is 3. The highest BCUT2D eigenvalue weighted by atomic mass is 15.4. The van der Waals surface area contributed by atoms with Crippen LogP contribution in [0.3, 0.4) is 0 Å². The minimum absolute atomic E-state index is 0.802. The Morgan fingerprint density at radius 3 is 2.71 bits per heavy atom. The lowest BCUT2D eigenvalue weighted by molar-refractivity contribution is 0.865. The molecule has 4 heteroatoms. The van der Waals surface area contributed by atoms with E-state index in [1.807, 2.05) is 37.4 Å². The Morgan fingerprint density at radius 1 is 1.06 bits per heavy atom. The molecule has 0 saturated heterocycles. The van der Waals surface area contributed by atoms with E-state index in [1.54, 1.807) is 4.52 Å². The summed E-state index contributed by atoms with van der Waals surface area (Å²) in [5.41, 5.74) is 3.22. The third kappa shape index (κ3) is 1.89. The zero-order chi connectivity index (χ0) is 11.7. The van der Waals surface area contributed by atoms with E-state index in [0.29, 0.717) is 0 Å². The Labute approximate surface area is 98.9 Å². The van der Waals surface area contributed by atoms with Crippen molar-refractivity contribution in [2.45, 2.75) is 13.3 Å². The van der Waals surface area contributed by atoms with Crippen LogP contribution < -0.4 is 0 Å². The minimum Gasteiger partial charge on any atom is -0.198 e. The average Bonchev–Trinajstić information content (AvgIpc) is 2.72. The summed E-state index contributed by atoms with van der Waals surface area (Å²) < 4.78 is 1.74. The number of benzene rings is 1. The van der Waals surface area contributed by atoms with Gasteiger partial charge in [0.25, 0.3) is 0 Å². The Hall–Kier alpha value is -2.23. The average molecular weight is 224 g/mol. The predicted molar refractivity (Wildman–Crippen MR) is 64.8 cm³/mol. The van der Waals surface area contributed by atoms with Gasteiger partial charge in [-0.25, -0.2) is 0 Å². The normalized spacial score (nSPS) is 10.9. The summed E-state index contributed by atoms with van der Waals surface area (Å²) >= 11 is 0. The molecule has 3 rings (SSSR count). The molecule has 0 fully saturated rings. The fourth-order valence-electron chi connectivity index (χ4n) is 1.87. The van der Waals surface area contributed by atoms with Gasteiger partial charge in [-0.3, -0.25) is 0 Å². The minimum atomic E-state index is 0.802. The summed E-state index contributed by atoms with van der Waals surface area (Å²) in [5, 5.41) is 12.4. The molecule has 3 aromatic rings. The van der Waals surface area contributed by atoms with Crippen molar-refractivity contribution in [2.24, 2.45) is 0 Å². The van der Waals surface area contributed by atoms with Crippen LogP contribution in [0.5, 0.6) is 0 Å². The van der Waals surface area contributed by atoms with E-state index in [1.165, 1.54) is 5.56 Å². The summed E-state index contributed by atoms with van der Waals surface area (Å²) in [4.78, 5) is 0. The highest BCUT2D eigenvalue weighted by Crippen LogP contribution is 2.10. The van der Waals surface area contributed by atoms with Crippen molar-refractivity contribution in [1.29, 1.82) is 0 Å². The molecule has 0 aliphatic heterocycles. The largest absolute Gasteiger partial charge is 0.198 e. The van der Waals surface area contributed by atoms with Gasteiger partial charge in [0, 0.05) is 0 Å². The third-order valence-corrected chi connectivity index (χ3v) is 2.73. The Morgan fingerprint density at radius 2 is 1.88 bits per heavy atom. The van der Waals surface area contributed by atoms with E-state index in [0.717, 1.165) is 23.5 Å².